The Morgan fingerprint density at radius 2 is 1.60 bits per heavy atom. The molecule has 0 aliphatic heterocycles. The van der Waals surface area contributed by atoms with Crippen molar-refractivity contribution in [1.82, 2.24) is 9.78 Å². The molecule has 0 saturated carbocycles. The number of aliphatic hydroxyl groups is 1. The minimum Gasteiger partial charge on any atom is -0.396 e. The highest BCUT2D eigenvalue weighted by molar-refractivity contribution is 5.84. The van der Waals surface area contributed by atoms with E-state index in [2.05, 4.69) is 11.2 Å². The second-order valence-corrected chi connectivity index (χ2v) is 5.55. The summed E-state index contributed by atoms with van der Waals surface area (Å²) < 4.78 is 1.27. The number of aliphatic hydroxyl groups excluding tert-OH is 1. The molecule has 0 fully saturated rings. The molecule has 124 valence electrons. The molecular formula is C20H17N3O2. The smallest absolute Gasteiger partial charge is 0.285 e. The van der Waals surface area contributed by atoms with E-state index in [4.69, 9.17) is 5.11 Å². The number of benzene rings is 2. The number of nitriles is 1. The molecule has 1 aromatic heterocycles. The molecule has 2 aromatic carbocycles. The van der Waals surface area contributed by atoms with Gasteiger partial charge in [-0.2, -0.15) is 10.4 Å². The fourth-order valence-corrected chi connectivity index (χ4v) is 2.73. The number of nitrogens with zero attached hydrogens (tertiary/aromatic N) is 3. The van der Waals surface area contributed by atoms with Gasteiger partial charge in [0.25, 0.3) is 5.56 Å². The topological polar surface area (TPSA) is 78.9 Å². The Balaban J connectivity index is 2.34. The molecule has 1 heterocycles. The maximum Gasteiger partial charge on any atom is 0.285 e. The SMILES string of the molecule is N#Cc1c(-c2ccccc2)c(-c2ccccc2)nn(CCCO)c1=O. The second-order valence-electron chi connectivity index (χ2n) is 5.55. The molecule has 0 amide bonds. The van der Waals surface area contributed by atoms with E-state index < -0.39 is 5.56 Å². The van der Waals surface area contributed by atoms with Crippen molar-refractivity contribution in [3.8, 4) is 28.5 Å². The molecule has 3 rings (SSSR count). The fourth-order valence-electron chi connectivity index (χ4n) is 2.73. The predicted molar refractivity (Wildman–Crippen MR) is 95.8 cm³/mol. The summed E-state index contributed by atoms with van der Waals surface area (Å²) in [6.07, 6.45) is 0.399. The lowest BCUT2D eigenvalue weighted by Crippen LogP contribution is -2.27. The summed E-state index contributed by atoms with van der Waals surface area (Å²) in [6.45, 7) is 0.218. The first-order valence-corrected chi connectivity index (χ1v) is 8.03. The number of rotatable bonds is 5. The van der Waals surface area contributed by atoms with Crippen LogP contribution in [0, 0.1) is 11.3 Å². The van der Waals surface area contributed by atoms with Gasteiger partial charge in [-0.25, -0.2) is 4.68 Å². The minimum atomic E-state index is -0.436. The number of hydrogen-bond donors (Lipinski definition) is 1. The van der Waals surface area contributed by atoms with Gasteiger partial charge in [0.2, 0.25) is 0 Å². The zero-order valence-corrected chi connectivity index (χ0v) is 13.6. The molecule has 1 N–H and O–H groups in total. The summed E-state index contributed by atoms with van der Waals surface area (Å²) in [6, 6.07) is 20.9. The summed E-state index contributed by atoms with van der Waals surface area (Å²) in [5.74, 6) is 0. The molecule has 0 bridgehead atoms. The monoisotopic (exact) mass is 331 g/mol. The summed E-state index contributed by atoms with van der Waals surface area (Å²) >= 11 is 0. The molecule has 5 nitrogen and oxygen atoms in total. The Hall–Kier alpha value is -3.23. The summed E-state index contributed by atoms with van der Waals surface area (Å²) in [7, 11) is 0. The Kier molecular flexibility index (Phi) is 5.03. The Morgan fingerprint density at radius 1 is 1.00 bits per heavy atom. The average Bonchev–Trinajstić information content (AvgIpc) is 2.68. The third kappa shape index (κ3) is 3.35. The number of aryl methyl sites for hydroxylation is 1. The van der Waals surface area contributed by atoms with Crippen LogP contribution < -0.4 is 5.56 Å². The number of hydrogen-bond acceptors (Lipinski definition) is 4. The minimum absolute atomic E-state index is 0.0445. The van der Waals surface area contributed by atoms with Crippen molar-refractivity contribution in [2.24, 2.45) is 0 Å². The van der Waals surface area contributed by atoms with Gasteiger partial charge >= 0.3 is 0 Å². The van der Waals surface area contributed by atoms with E-state index in [1.54, 1.807) is 0 Å². The van der Waals surface area contributed by atoms with Crippen LogP contribution >= 0.6 is 0 Å². The maximum atomic E-state index is 12.7. The Morgan fingerprint density at radius 3 is 2.16 bits per heavy atom. The van der Waals surface area contributed by atoms with Crippen molar-refractivity contribution >= 4 is 0 Å². The van der Waals surface area contributed by atoms with Crippen LogP contribution in [0.2, 0.25) is 0 Å². The van der Waals surface area contributed by atoms with Crippen LogP contribution in [0.3, 0.4) is 0 Å². The van der Waals surface area contributed by atoms with Crippen LogP contribution in [0.25, 0.3) is 22.4 Å². The van der Waals surface area contributed by atoms with Gasteiger partial charge in [0.1, 0.15) is 17.3 Å². The van der Waals surface area contributed by atoms with E-state index in [-0.39, 0.29) is 18.7 Å². The van der Waals surface area contributed by atoms with E-state index in [0.29, 0.717) is 17.7 Å². The van der Waals surface area contributed by atoms with Gasteiger partial charge < -0.3 is 5.11 Å². The normalized spacial score (nSPS) is 10.4. The van der Waals surface area contributed by atoms with E-state index in [1.807, 2.05) is 60.7 Å². The van der Waals surface area contributed by atoms with Crippen LogP contribution in [0.5, 0.6) is 0 Å². The second kappa shape index (κ2) is 7.56. The molecular weight excluding hydrogens is 314 g/mol. The van der Waals surface area contributed by atoms with Gasteiger partial charge in [0.05, 0.1) is 0 Å². The van der Waals surface area contributed by atoms with Crippen molar-refractivity contribution < 1.29 is 5.11 Å². The lowest BCUT2D eigenvalue weighted by molar-refractivity contribution is 0.275. The van der Waals surface area contributed by atoms with Gasteiger partial charge in [-0.1, -0.05) is 60.7 Å². The molecule has 0 aliphatic carbocycles. The van der Waals surface area contributed by atoms with Crippen molar-refractivity contribution in [3.63, 3.8) is 0 Å². The van der Waals surface area contributed by atoms with Gasteiger partial charge in [-0.15, -0.1) is 0 Å². The van der Waals surface area contributed by atoms with E-state index >= 15 is 0 Å². The zero-order chi connectivity index (χ0) is 17.6. The van der Waals surface area contributed by atoms with Crippen LogP contribution in [-0.4, -0.2) is 21.5 Å². The first-order valence-electron chi connectivity index (χ1n) is 8.03. The molecule has 25 heavy (non-hydrogen) atoms. The molecule has 0 saturated heterocycles. The summed E-state index contributed by atoms with van der Waals surface area (Å²) in [5.41, 5.74) is 2.36. The Labute approximate surface area is 145 Å². The van der Waals surface area contributed by atoms with Crippen LogP contribution in [0.4, 0.5) is 0 Å². The highest BCUT2D eigenvalue weighted by atomic mass is 16.3. The third-order valence-electron chi connectivity index (χ3n) is 3.91. The van der Waals surface area contributed by atoms with Crippen LogP contribution in [0.1, 0.15) is 12.0 Å². The molecule has 0 aliphatic rings. The molecule has 0 radical (unpaired) electrons. The number of aromatic nitrogens is 2. The molecule has 5 heteroatoms. The predicted octanol–water partition coefficient (Wildman–Crippen LogP) is 2.83. The van der Waals surface area contributed by atoms with Crippen molar-refractivity contribution in [3.05, 3.63) is 76.6 Å². The maximum absolute atomic E-state index is 12.7. The van der Waals surface area contributed by atoms with Gasteiger partial charge in [0.15, 0.2) is 0 Å². The Bertz CT molecular complexity index is 958. The van der Waals surface area contributed by atoms with Gasteiger partial charge in [-0.05, 0) is 12.0 Å². The molecule has 0 spiro atoms. The quantitative estimate of drug-likeness (QED) is 0.780. The fraction of sp³-hybridized carbons (Fsp3) is 0.150. The third-order valence-corrected chi connectivity index (χ3v) is 3.91. The lowest BCUT2D eigenvalue weighted by Gasteiger charge is -2.14. The van der Waals surface area contributed by atoms with Crippen LogP contribution in [0.15, 0.2) is 65.5 Å². The largest absolute Gasteiger partial charge is 0.396 e. The highest BCUT2D eigenvalue weighted by Crippen LogP contribution is 2.31. The van der Waals surface area contributed by atoms with Crippen molar-refractivity contribution in [2.45, 2.75) is 13.0 Å². The molecule has 0 atom stereocenters. The highest BCUT2D eigenvalue weighted by Gasteiger charge is 2.19. The molecule has 0 unspecified atom stereocenters. The standard InChI is InChI=1S/C20H17N3O2/c21-14-17-18(15-8-3-1-4-9-15)19(16-10-5-2-6-11-16)22-23(20(17)25)12-7-13-24/h1-6,8-11,24H,7,12-13H2. The van der Waals surface area contributed by atoms with Gasteiger partial charge in [0, 0.05) is 24.3 Å². The van der Waals surface area contributed by atoms with E-state index in [1.165, 1.54) is 4.68 Å². The average molecular weight is 331 g/mol. The van der Waals surface area contributed by atoms with Crippen molar-refractivity contribution in [2.75, 3.05) is 6.61 Å². The zero-order valence-electron chi connectivity index (χ0n) is 13.6. The summed E-state index contributed by atoms with van der Waals surface area (Å²) in [5, 5.41) is 23.2. The molecule has 3 aromatic rings. The van der Waals surface area contributed by atoms with E-state index in [0.717, 1.165) is 11.1 Å². The first kappa shape index (κ1) is 16.6. The van der Waals surface area contributed by atoms with Crippen LogP contribution in [-0.2, 0) is 6.54 Å². The lowest BCUT2D eigenvalue weighted by atomic mass is 9.96. The first-order chi connectivity index (χ1) is 12.3. The van der Waals surface area contributed by atoms with Crippen molar-refractivity contribution in [1.29, 1.82) is 5.26 Å². The summed E-state index contributed by atoms with van der Waals surface area (Å²) in [4.78, 5) is 12.7. The van der Waals surface area contributed by atoms with E-state index in [9.17, 15) is 10.1 Å². The van der Waals surface area contributed by atoms with Gasteiger partial charge in [-0.3, -0.25) is 4.79 Å².